The average Bonchev–Trinajstić information content (AvgIpc) is 3.09. The standard InChI is InChI=1S/C26H30N2O3S/c1-4-31-23-16-19(14-15-22(23)30-3)17-24-25(29)28(21-13-9-8-10-18(21)2)26(32-24)27-20-11-6-5-7-12-20/h5-7,11-12,14-18,21H,4,8-10,13H2,1-3H3/b24-17-,27-26?/t18-,21+/m1/s1. The van der Waals surface area contributed by atoms with Crippen LogP contribution in [0.15, 0.2) is 58.4 Å². The number of thioether (sulfide) groups is 1. The van der Waals surface area contributed by atoms with E-state index in [0.717, 1.165) is 35.7 Å². The number of amides is 1. The van der Waals surface area contributed by atoms with Crippen LogP contribution >= 0.6 is 11.8 Å². The van der Waals surface area contributed by atoms with Crippen molar-refractivity contribution in [3.8, 4) is 11.5 Å². The quantitative estimate of drug-likeness (QED) is 0.486. The van der Waals surface area contributed by atoms with Gasteiger partial charge in [-0.3, -0.25) is 9.69 Å². The van der Waals surface area contributed by atoms with Crippen molar-refractivity contribution in [2.45, 2.75) is 45.6 Å². The zero-order valence-corrected chi connectivity index (χ0v) is 19.7. The molecule has 2 aliphatic rings. The number of para-hydroxylation sites is 1. The van der Waals surface area contributed by atoms with Gasteiger partial charge in [-0.05, 0) is 73.4 Å². The SMILES string of the molecule is CCOc1cc(/C=C2\SC(=Nc3ccccc3)N([C@H]3CCCC[C@H]3C)C2=O)ccc1OC. The predicted molar refractivity (Wildman–Crippen MR) is 132 cm³/mol. The van der Waals surface area contributed by atoms with Crippen molar-refractivity contribution >= 4 is 34.6 Å². The van der Waals surface area contributed by atoms with Crippen LogP contribution in [0.4, 0.5) is 5.69 Å². The molecule has 0 aromatic heterocycles. The van der Waals surface area contributed by atoms with E-state index >= 15 is 0 Å². The highest BCUT2D eigenvalue weighted by molar-refractivity contribution is 8.18. The zero-order valence-electron chi connectivity index (χ0n) is 18.9. The Morgan fingerprint density at radius 1 is 1.12 bits per heavy atom. The third-order valence-corrected chi connectivity index (χ3v) is 6.98. The van der Waals surface area contributed by atoms with E-state index in [1.807, 2.05) is 66.4 Å². The highest BCUT2D eigenvalue weighted by Crippen LogP contribution is 2.40. The van der Waals surface area contributed by atoms with Crippen LogP contribution in [0.2, 0.25) is 0 Å². The Labute approximate surface area is 194 Å². The summed E-state index contributed by atoms with van der Waals surface area (Å²) in [5.74, 6) is 1.86. The normalized spacial score (nSPS) is 23.7. The smallest absolute Gasteiger partial charge is 0.267 e. The monoisotopic (exact) mass is 450 g/mol. The van der Waals surface area contributed by atoms with E-state index in [-0.39, 0.29) is 11.9 Å². The Hall–Kier alpha value is -2.73. The summed E-state index contributed by atoms with van der Waals surface area (Å²) >= 11 is 1.46. The molecule has 1 saturated carbocycles. The maximum atomic E-state index is 13.6. The summed E-state index contributed by atoms with van der Waals surface area (Å²) in [7, 11) is 1.63. The summed E-state index contributed by atoms with van der Waals surface area (Å²) in [4.78, 5) is 21.1. The molecule has 0 bridgehead atoms. The van der Waals surface area contributed by atoms with E-state index in [1.54, 1.807) is 7.11 Å². The fraction of sp³-hybridized carbons (Fsp3) is 0.385. The van der Waals surface area contributed by atoms with Crippen molar-refractivity contribution in [1.29, 1.82) is 0 Å². The Morgan fingerprint density at radius 3 is 2.62 bits per heavy atom. The average molecular weight is 451 g/mol. The minimum absolute atomic E-state index is 0.0391. The first-order valence-corrected chi connectivity index (χ1v) is 12.1. The van der Waals surface area contributed by atoms with Gasteiger partial charge in [0.15, 0.2) is 16.7 Å². The van der Waals surface area contributed by atoms with Crippen LogP contribution in [0.5, 0.6) is 11.5 Å². The Kier molecular flexibility index (Phi) is 7.20. The second kappa shape index (κ2) is 10.3. The van der Waals surface area contributed by atoms with Gasteiger partial charge in [0.25, 0.3) is 5.91 Å². The number of hydrogen-bond acceptors (Lipinski definition) is 5. The first kappa shape index (κ1) is 22.5. The molecular formula is C26H30N2O3S. The molecule has 2 aromatic rings. The molecule has 5 nitrogen and oxygen atoms in total. The van der Waals surface area contributed by atoms with Crippen LogP contribution in [0, 0.1) is 5.92 Å². The minimum Gasteiger partial charge on any atom is -0.493 e. The third-order valence-electron chi connectivity index (χ3n) is 6.00. The molecule has 0 unspecified atom stereocenters. The second-order valence-corrected chi connectivity index (χ2v) is 9.20. The summed E-state index contributed by atoms with van der Waals surface area (Å²) in [6.07, 6.45) is 6.48. The van der Waals surface area contributed by atoms with Gasteiger partial charge >= 0.3 is 0 Å². The van der Waals surface area contributed by atoms with Gasteiger partial charge in [0.1, 0.15) is 0 Å². The molecular weight excluding hydrogens is 420 g/mol. The van der Waals surface area contributed by atoms with E-state index in [9.17, 15) is 4.79 Å². The third kappa shape index (κ3) is 4.85. The van der Waals surface area contributed by atoms with Crippen molar-refractivity contribution in [3.63, 3.8) is 0 Å². The first-order valence-electron chi connectivity index (χ1n) is 11.3. The molecule has 0 radical (unpaired) electrons. The van der Waals surface area contributed by atoms with Gasteiger partial charge in [0, 0.05) is 6.04 Å². The lowest BCUT2D eigenvalue weighted by Crippen LogP contribution is -2.44. The molecule has 2 fully saturated rings. The number of methoxy groups -OCH3 is 1. The highest BCUT2D eigenvalue weighted by atomic mass is 32.2. The van der Waals surface area contributed by atoms with Crippen molar-refractivity contribution in [3.05, 3.63) is 59.0 Å². The molecule has 168 valence electrons. The number of aliphatic imine (C=N–C) groups is 1. The fourth-order valence-corrected chi connectivity index (χ4v) is 5.40. The number of carbonyl (C=O) groups is 1. The lowest BCUT2D eigenvalue weighted by Gasteiger charge is -2.35. The van der Waals surface area contributed by atoms with Gasteiger partial charge in [-0.25, -0.2) is 4.99 Å². The number of amidine groups is 1. The predicted octanol–water partition coefficient (Wildman–Crippen LogP) is 6.28. The molecule has 1 aliphatic carbocycles. The van der Waals surface area contributed by atoms with Crippen LogP contribution in [-0.2, 0) is 4.79 Å². The van der Waals surface area contributed by atoms with E-state index in [0.29, 0.717) is 28.9 Å². The Bertz CT molecular complexity index is 1020. The lowest BCUT2D eigenvalue weighted by atomic mass is 9.85. The summed E-state index contributed by atoms with van der Waals surface area (Å²) in [5, 5.41) is 0.768. The molecule has 4 rings (SSSR count). The van der Waals surface area contributed by atoms with Crippen LogP contribution in [0.3, 0.4) is 0 Å². The maximum Gasteiger partial charge on any atom is 0.267 e. The van der Waals surface area contributed by atoms with Crippen LogP contribution in [0.1, 0.15) is 45.1 Å². The van der Waals surface area contributed by atoms with E-state index in [1.165, 1.54) is 18.2 Å². The molecule has 2 atom stereocenters. The van der Waals surface area contributed by atoms with Gasteiger partial charge in [0.2, 0.25) is 0 Å². The van der Waals surface area contributed by atoms with E-state index in [2.05, 4.69) is 6.92 Å². The molecule has 1 amide bonds. The summed E-state index contributed by atoms with van der Waals surface area (Å²) in [5.41, 5.74) is 1.77. The molecule has 1 heterocycles. The molecule has 1 aliphatic heterocycles. The van der Waals surface area contributed by atoms with Gasteiger partial charge in [0.05, 0.1) is 24.3 Å². The zero-order chi connectivity index (χ0) is 22.5. The number of hydrogen-bond donors (Lipinski definition) is 0. The maximum absolute atomic E-state index is 13.6. The molecule has 0 spiro atoms. The first-order chi connectivity index (χ1) is 15.6. The second-order valence-electron chi connectivity index (χ2n) is 8.19. The van der Waals surface area contributed by atoms with Crippen molar-refractivity contribution in [2.75, 3.05) is 13.7 Å². The van der Waals surface area contributed by atoms with Gasteiger partial charge in [-0.1, -0.05) is 44.0 Å². The van der Waals surface area contributed by atoms with Crippen molar-refractivity contribution in [2.24, 2.45) is 10.9 Å². The van der Waals surface area contributed by atoms with E-state index in [4.69, 9.17) is 14.5 Å². The van der Waals surface area contributed by atoms with Crippen molar-refractivity contribution < 1.29 is 14.3 Å². The van der Waals surface area contributed by atoms with Gasteiger partial charge in [-0.2, -0.15) is 0 Å². The molecule has 6 heteroatoms. The number of ether oxygens (including phenoxy) is 2. The number of benzene rings is 2. The lowest BCUT2D eigenvalue weighted by molar-refractivity contribution is -0.124. The summed E-state index contributed by atoms with van der Waals surface area (Å²) < 4.78 is 11.1. The Balaban J connectivity index is 1.70. The van der Waals surface area contributed by atoms with E-state index < -0.39 is 0 Å². The number of carbonyl (C=O) groups excluding carboxylic acids is 1. The number of rotatable bonds is 6. The molecule has 2 aromatic carbocycles. The number of nitrogens with zero attached hydrogens (tertiary/aromatic N) is 2. The van der Waals surface area contributed by atoms with Gasteiger partial charge < -0.3 is 9.47 Å². The summed E-state index contributed by atoms with van der Waals surface area (Å²) in [6, 6.07) is 15.8. The molecule has 32 heavy (non-hydrogen) atoms. The summed E-state index contributed by atoms with van der Waals surface area (Å²) in [6.45, 7) is 4.74. The van der Waals surface area contributed by atoms with Crippen LogP contribution in [0.25, 0.3) is 6.08 Å². The van der Waals surface area contributed by atoms with Crippen LogP contribution in [-0.4, -0.2) is 35.7 Å². The fourth-order valence-electron chi connectivity index (χ4n) is 4.35. The van der Waals surface area contributed by atoms with Crippen molar-refractivity contribution in [1.82, 2.24) is 4.90 Å². The molecule has 1 saturated heterocycles. The van der Waals surface area contributed by atoms with Crippen LogP contribution < -0.4 is 9.47 Å². The largest absolute Gasteiger partial charge is 0.493 e. The minimum atomic E-state index is 0.0391. The Morgan fingerprint density at radius 2 is 1.91 bits per heavy atom. The topological polar surface area (TPSA) is 51.1 Å². The molecule has 0 N–H and O–H groups in total. The van der Waals surface area contributed by atoms with Gasteiger partial charge in [-0.15, -0.1) is 0 Å². The highest BCUT2D eigenvalue weighted by Gasteiger charge is 2.41.